The minimum Gasteiger partial charge on any atom is -0.492 e. The highest BCUT2D eigenvalue weighted by molar-refractivity contribution is 7.89. The van der Waals surface area contributed by atoms with Gasteiger partial charge in [-0.25, -0.2) is 8.42 Å². The summed E-state index contributed by atoms with van der Waals surface area (Å²) < 4.78 is 39.4. The fraction of sp³-hybridized carbons (Fsp3) is 0.435. The number of rotatable bonds is 13. The van der Waals surface area contributed by atoms with Gasteiger partial charge in [-0.3, -0.25) is 4.79 Å². The first-order valence-electron chi connectivity index (χ1n) is 10.6. The molecule has 0 spiro atoms. The molecule has 7 nitrogen and oxygen atoms in total. The molecule has 2 aromatic rings. The van der Waals surface area contributed by atoms with E-state index in [9.17, 15) is 13.2 Å². The van der Waals surface area contributed by atoms with E-state index in [1.165, 1.54) is 18.2 Å². The van der Waals surface area contributed by atoms with Gasteiger partial charge >= 0.3 is 0 Å². The maximum Gasteiger partial charge on any atom is 0.241 e. The van der Waals surface area contributed by atoms with E-state index in [0.717, 1.165) is 5.56 Å². The van der Waals surface area contributed by atoms with Crippen LogP contribution in [0.15, 0.2) is 53.4 Å². The first kappa shape index (κ1) is 26.1. The van der Waals surface area contributed by atoms with Crippen molar-refractivity contribution in [3.05, 3.63) is 59.1 Å². The predicted octanol–water partition coefficient (Wildman–Crippen LogP) is 3.56. The number of amides is 1. The molecule has 0 heterocycles. The minimum absolute atomic E-state index is 0.0397. The van der Waals surface area contributed by atoms with Gasteiger partial charge < -0.3 is 14.8 Å². The fourth-order valence-corrected chi connectivity index (χ4v) is 4.46. The van der Waals surface area contributed by atoms with Crippen molar-refractivity contribution >= 4 is 27.5 Å². The maximum atomic E-state index is 13.0. The van der Waals surface area contributed by atoms with Gasteiger partial charge in [0, 0.05) is 13.2 Å². The van der Waals surface area contributed by atoms with Gasteiger partial charge in [0.1, 0.15) is 11.8 Å². The second-order valence-corrected chi connectivity index (χ2v) is 9.57. The number of sulfonamides is 1. The number of ether oxygens (including phenoxy) is 2. The van der Waals surface area contributed by atoms with Gasteiger partial charge in [-0.15, -0.1) is 0 Å². The van der Waals surface area contributed by atoms with Gasteiger partial charge in [0.2, 0.25) is 15.9 Å². The number of hydrogen-bond donors (Lipinski definition) is 2. The molecule has 9 heteroatoms. The van der Waals surface area contributed by atoms with E-state index in [0.29, 0.717) is 31.9 Å². The van der Waals surface area contributed by atoms with Crippen LogP contribution in [0.4, 0.5) is 0 Å². The van der Waals surface area contributed by atoms with Crippen LogP contribution in [0.3, 0.4) is 0 Å². The van der Waals surface area contributed by atoms with Crippen LogP contribution in [0.25, 0.3) is 0 Å². The van der Waals surface area contributed by atoms with Crippen molar-refractivity contribution in [2.24, 2.45) is 0 Å². The fourth-order valence-electron chi connectivity index (χ4n) is 2.94. The van der Waals surface area contributed by atoms with Gasteiger partial charge in [0.05, 0.1) is 22.6 Å². The molecule has 2 aromatic carbocycles. The molecule has 2 N–H and O–H groups in total. The summed E-state index contributed by atoms with van der Waals surface area (Å²) in [7, 11) is -4.00. The predicted molar refractivity (Wildman–Crippen MR) is 126 cm³/mol. The molecule has 0 aliphatic carbocycles. The summed E-state index contributed by atoms with van der Waals surface area (Å²) in [6, 6.07) is 12.5. The summed E-state index contributed by atoms with van der Waals surface area (Å²) in [5.74, 6) is -0.00526. The lowest BCUT2D eigenvalue weighted by Crippen LogP contribution is -2.48. The van der Waals surface area contributed by atoms with Crippen LogP contribution in [0.2, 0.25) is 5.02 Å². The molecule has 0 bridgehead atoms. The number of nitrogens with one attached hydrogen (secondary N) is 2. The number of halogens is 1. The van der Waals surface area contributed by atoms with Gasteiger partial charge in [-0.05, 0) is 57.4 Å². The van der Waals surface area contributed by atoms with Gasteiger partial charge in [-0.1, -0.05) is 41.9 Å². The van der Waals surface area contributed by atoms with Gasteiger partial charge in [0.15, 0.2) is 0 Å². The molecule has 0 unspecified atom stereocenters. The second-order valence-electron chi connectivity index (χ2n) is 7.45. The Kier molecular flexibility index (Phi) is 10.4. The highest BCUT2D eigenvalue weighted by Crippen LogP contribution is 2.27. The average molecular weight is 483 g/mol. The molecule has 0 aromatic heterocycles. The summed E-state index contributed by atoms with van der Waals surface area (Å²) in [5.41, 5.74) is 0.836. The van der Waals surface area contributed by atoms with Crippen molar-refractivity contribution in [2.75, 3.05) is 19.8 Å². The molecular formula is C23H31ClN2O5S. The zero-order valence-electron chi connectivity index (χ0n) is 18.6. The van der Waals surface area contributed by atoms with E-state index < -0.39 is 22.0 Å². The van der Waals surface area contributed by atoms with E-state index in [4.69, 9.17) is 21.1 Å². The first-order chi connectivity index (χ1) is 15.2. The zero-order valence-corrected chi connectivity index (χ0v) is 20.2. The van der Waals surface area contributed by atoms with E-state index in [-0.39, 0.29) is 22.4 Å². The Morgan fingerprint density at radius 2 is 1.84 bits per heavy atom. The van der Waals surface area contributed by atoms with E-state index >= 15 is 0 Å². The molecule has 0 fully saturated rings. The van der Waals surface area contributed by atoms with Crippen LogP contribution >= 0.6 is 11.6 Å². The first-order valence-corrected chi connectivity index (χ1v) is 12.5. The molecule has 1 amide bonds. The molecule has 0 saturated carbocycles. The summed E-state index contributed by atoms with van der Waals surface area (Å²) in [6.07, 6.45) is 0.951. The maximum absolute atomic E-state index is 13.0. The van der Waals surface area contributed by atoms with Crippen molar-refractivity contribution < 1.29 is 22.7 Å². The molecule has 0 radical (unpaired) electrons. The van der Waals surface area contributed by atoms with Crippen molar-refractivity contribution in [2.45, 2.75) is 50.7 Å². The van der Waals surface area contributed by atoms with E-state index in [2.05, 4.69) is 10.0 Å². The zero-order chi connectivity index (χ0) is 23.6. The van der Waals surface area contributed by atoms with E-state index in [1.54, 1.807) is 0 Å². The Labute approximate surface area is 195 Å². The third-order valence-corrected chi connectivity index (χ3v) is 6.25. The average Bonchev–Trinajstić information content (AvgIpc) is 2.74. The third-order valence-electron chi connectivity index (χ3n) is 4.48. The van der Waals surface area contributed by atoms with Crippen molar-refractivity contribution in [3.63, 3.8) is 0 Å². The number of carbonyl (C=O) groups excluding carboxylic acids is 1. The second kappa shape index (κ2) is 12.8. The summed E-state index contributed by atoms with van der Waals surface area (Å²) >= 11 is 6.16. The summed E-state index contributed by atoms with van der Waals surface area (Å²) in [6.45, 7) is 6.99. The molecule has 0 aliphatic heterocycles. The number of hydrogen-bond acceptors (Lipinski definition) is 5. The quantitative estimate of drug-likeness (QED) is 0.426. The Balaban J connectivity index is 2.14. The van der Waals surface area contributed by atoms with Crippen molar-refractivity contribution in [1.82, 2.24) is 10.0 Å². The Morgan fingerprint density at radius 3 is 2.47 bits per heavy atom. The monoisotopic (exact) mass is 482 g/mol. The lowest BCUT2D eigenvalue weighted by molar-refractivity contribution is -0.122. The van der Waals surface area contributed by atoms with Crippen LogP contribution in [0, 0.1) is 0 Å². The van der Waals surface area contributed by atoms with Crippen LogP contribution in [-0.4, -0.2) is 46.2 Å². The SMILES string of the molecule is CCOc1ccc(S(=O)(=O)N[C@@H](Cc2ccccc2)C(=O)NCCCOC(C)C)cc1Cl. The summed E-state index contributed by atoms with van der Waals surface area (Å²) in [5, 5.41) is 2.98. The van der Waals surface area contributed by atoms with Crippen molar-refractivity contribution in [1.29, 1.82) is 0 Å². The molecule has 2 rings (SSSR count). The number of benzene rings is 2. The van der Waals surface area contributed by atoms with Crippen LogP contribution in [0.1, 0.15) is 32.8 Å². The molecular weight excluding hydrogens is 452 g/mol. The highest BCUT2D eigenvalue weighted by Gasteiger charge is 2.26. The van der Waals surface area contributed by atoms with Crippen molar-refractivity contribution in [3.8, 4) is 5.75 Å². The van der Waals surface area contributed by atoms with Crippen LogP contribution < -0.4 is 14.8 Å². The molecule has 32 heavy (non-hydrogen) atoms. The largest absolute Gasteiger partial charge is 0.492 e. The molecule has 176 valence electrons. The normalized spacial score (nSPS) is 12.5. The van der Waals surface area contributed by atoms with E-state index in [1.807, 2.05) is 51.1 Å². The van der Waals surface area contributed by atoms with Gasteiger partial charge in [0.25, 0.3) is 0 Å². The van der Waals surface area contributed by atoms with Gasteiger partial charge in [-0.2, -0.15) is 4.72 Å². The molecule has 0 saturated heterocycles. The smallest absolute Gasteiger partial charge is 0.241 e. The molecule has 1 atom stereocenters. The van der Waals surface area contributed by atoms with Crippen LogP contribution in [0.5, 0.6) is 5.75 Å². The summed E-state index contributed by atoms with van der Waals surface area (Å²) in [4.78, 5) is 12.8. The third kappa shape index (κ3) is 8.43. The lowest BCUT2D eigenvalue weighted by atomic mass is 10.1. The highest BCUT2D eigenvalue weighted by atomic mass is 35.5. The Hall–Kier alpha value is -2.13. The minimum atomic E-state index is -4.00. The molecule has 0 aliphatic rings. The topological polar surface area (TPSA) is 93.7 Å². The lowest BCUT2D eigenvalue weighted by Gasteiger charge is -2.19. The standard InChI is InChI=1S/C23H31ClN2O5S/c1-4-30-22-12-11-19(16-20(22)24)32(28,29)26-21(15-18-9-6-5-7-10-18)23(27)25-13-8-14-31-17(2)3/h5-7,9-12,16-17,21,26H,4,8,13-15H2,1-3H3,(H,25,27)/t21-/m0/s1. The van der Waals surface area contributed by atoms with Crippen LogP contribution in [-0.2, 0) is 26.0 Å². The number of carbonyl (C=O) groups is 1. The Morgan fingerprint density at radius 1 is 1.12 bits per heavy atom. The Bertz CT molecular complexity index is 968.